The van der Waals surface area contributed by atoms with Crippen LogP contribution in [0.2, 0.25) is 0 Å². The predicted octanol–water partition coefficient (Wildman–Crippen LogP) is 2.13. The fourth-order valence-corrected chi connectivity index (χ4v) is 3.19. The van der Waals surface area contributed by atoms with Crippen molar-refractivity contribution in [3.8, 4) is 0 Å². The topological polar surface area (TPSA) is 62.3 Å². The molecule has 1 N–H and O–H groups in total. The summed E-state index contributed by atoms with van der Waals surface area (Å²) >= 11 is 0. The zero-order valence-corrected chi connectivity index (χ0v) is 13.4. The van der Waals surface area contributed by atoms with Gasteiger partial charge < -0.3 is 4.90 Å². The van der Waals surface area contributed by atoms with Gasteiger partial charge in [-0.1, -0.05) is 25.1 Å². The minimum absolute atomic E-state index is 0.149. The van der Waals surface area contributed by atoms with Crippen molar-refractivity contribution in [2.24, 2.45) is 0 Å². The number of benzene rings is 1. The largest absolute Gasteiger partial charge is 0.363 e. The van der Waals surface area contributed by atoms with Gasteiger partial charge in [0.2, 0.25) is 10.0 Å². The second-order valence-electron chi connectivity index (χ2n) is 5.19. The maximum atomic E-state index is 11.8. The number of anilines is 1. The predicted molar refractivity (Wildman–Crippen MR) is 87.0 cm³/mol. The normalized spacial score (nSPS) is 11.8. The number of para-hydroxylation sites is 1. The molecule has 0 amide bonds. The molecule has 0 saturated heterocycles. The highest BCUT2D eigenvalue weighted by atomic mass is 32.2. The number of nitrogens with one attached hydrogen (secondary N) is 1. The lowest BCUT2D eigenvalue weighted by Crippen LogP contribution is -2.26. The highest BCUT2D eigenvalue weighted by Gasteiger charge is 2.11. The van der Waals surface area contributed by atoms with Crippen LogP contribution in [0.5, 0.6) is 0 Å². The molecule has 21 heavy (non-hydrogen) atoms. The maximum absolute atomic E-state index is 11.8. The van der Waals surface area contributed by atoms with Crippen LogP contribution in [0.3, 0.4) is 0 Å². The third-order valence-electron chi connectivity index (χ3n) is 3.20. The van der Waals surface area contributed by atoms with Gasteiger partial charge in [-0.15, -0.1) is 0 Å². The minimum atomic E-state index is -3.22. The van der Waals surface area contributed by atoms with E-state index in [9.17, 15) is 8.42 Å². The van der Waals surface area contributed by atoms with Crippen LogP contribution in [0.25, 0.3) is 10.9 Å². The van der Waals surface area contributed by atoms with Gasteiger partial charge in [0.25, 0.3) is 0 Å². The Bertz CT molecular complexity index is 727. The molecule has 0 aliphatic carbocycles. The van der Waals surface area contributed by atoms with Gasteiger partial charge in [0, 0.05) is 26.0 Å². The van der Waals surface area contributed by atoms with E-state index in [1.165, 1.54) is 0 Å². The molecule has 0 fully saturated rings. The molecule has 6 heteroatoms. The number of sulfonamides is 1. The zero-order chi connectivity index (χ0) is 15.5. The van der Waals surface area contributed by atoms with E-state index in [-0.39, 0.29) is 12.3 Å². The average Bonchev–Trinajstić information content (AvgIpc) is 2.44. The van der Waals surface area contributed by atoms with E-state index in [4.69, 9.17) is 0 Å². The van der Waals surface area contributed by atoms with Crippen LogP contribution in [0.15, 0.2) is 30.3 Å². The van der Waals surface area contributed by atoms with Crippen molar-refractivity contribution in [3.63, 3.8) is 0 Å². The van der Waals surface area contributed by atoms with Crippen LogP contribution >= 0.6 is 0 Å². The Morgan fingerprint density at radius 3 is 2.62 bits per heavy atom. The molecule has 0 unspecified atom stereocenters. The van der Waals surface area contributed by atoms with Gasteiger partial charge in [-0.25, -0.2) is 18.1 Å². The van der Waals surface area contributed by atoms with Crippen molar-refractivity contribution in [3.05, 3.63) is 35.9 Å². The van der Waals surface area contributed by atoms with Gasteiger partial charge >= 0.3 is 0 Å². The number of fused-ring (bicyclic) bond motifs is 1. The van der Waals surface area contributed by atoms with Crippen LogP contribution in [0.1, 0.15) is 18.9 Å². The summed E-state index contributed by atoms with van der Waals surface area (Å²) < 4.78 is 26.3. The number of hydrogen-bond acceptors (Lipinski definition) is 4. The monoisotopic (exact) mass is 307 g/mol. The number of pyridine rings is 1. The van der Waals surface area contributed by atoms with Crippen LogP contribution in [0, 0.1) is 0 Å². The lowest BCUT2D eigenvalue weighted by Gasteiger charge is -2.15. The zero-order valence-electron chi connectivity index (χ0n) is 12.6. The second kappa shape index (κ2) is 6.41. The molecule has 1 aromatic carbocycles. The lowest BCUT2D eigenvalue weighted by molar-refractivity contribution is 0.580. The Morgan fingerprint density at radius 2 is 1.95 bits per heavy atom. The minimum Gasteiger partial charge on any atom is -0.363 e. The number of rotatable bonds is 6. The van der Waals surface area contributed by atoms with Crippen LogP contribution < -0.4 is 9.62 Å². The van der Waals surface area contributed by atoms with Gasteiger partial charge in [-0.05, 0) is 24.1 Å². The summed E-state index contributed by atoms with van der Waals surface area (Å²) in [4.78, 5) is 6.48. The van der Waals surface area contributed by atoms with E-state index in [2.05, 4.69) is 9.71 Å². The molecule has 1 aromatic heterocycles. The van der Waals surface area contributed by atoms with Crippen molar-refractivity contribution < 1.29 is 8.42 Å². The molecule has 0 saturated carbocycles. The summed E-state index contributed by atoms with van der Waals surface area (Å²) in [7, 11) is 0.622. The Hall–Kier alpha value is -1.66. The average molecular weight is 307 g/mol. The lowest BCUT2D eigenvalue weighted by atomic mass is 10.1. The van der Waals surface area contributed by atoms with Crippen LogP contribution in [-0.2, 0) is 16.6 Å². The summed E-state index contributed by atoms with van der Waals surface area (Å²) in [6.45, 7) is 2.14. The molecule has 1 heterocycles. The van der Waals surface area contributed by atoms with Crippen molar-refractivity contribution in [2.75, 3.05) is 24.7 Å². The molecule has 0 aliphatic rings. The van der Waals surface area contributed by atoms with Gasteiger partial charge in [0.15, 0.2) is 0 Å². The quantitative estimate of drug-likeness (QED) is 0.888. The first-order valence-corrected chi connectivity index (χ1v) is 8.61. The van der Waals surface area contributed by atoms with Crippen LogP contribution in [0.4, 0.5) is 5.82 Å². The van der Waals surface area contributed by atoms with Crippen molar-refractivity contribution >= 4 is 26.7 Å². The Kier molecular flexibility index (Phi) is 4.80. The SMILES string of the molecule is CCCS(=O)(=O)NCc1cc(N(C)C)nc2ccccc12. The van der Waals surface area contributed by atoms with Crippen molar-refractivity contribution in [2.45, 2.75) is 19.9 Å². The molecule has 0 atom stereocenters. The van der Waals surface area contributed by atoms with E-state index >= 15 is 0 Å². The Morgan fingerprint density at radius 1 is 1.24 bits per heavy atom. The van der Waals surface area contributed by atoms with Gasteiger partial charge in [0.1, 0.15) is 5.82 Å². The van der Waals surface area contributed by atoms with E-state index in [0.29, 0.717) is 6.42 Å². The standard InChI is InChI=1S/C15H21N3O2S/c1-4-9-21(19,20)16-11-12-10-15(18(2)3)17-14-8-6-5-7-13(12)14/h5-8,10,16H,4,9,11H2,1-3H3. The first-order valence-electron chi connectivity index (χ1n) is 6.96. The molecule has 114 valence electrons. The first-order chi connectivity index (χ1) is 9.93. The summed E-state index contributed by atoms with van der Waals surface area (Å²) in [5.74, 6) is 0.967. The van der Waals surface area contributed by atoms with E-state index in [0.717, 1.165) is 22.3 Å². The molecular formula is C15H21N3O2S. The summed E-state index contributed by atoms with van der Waals surface area (Å²) in [5.41, 5.74) is 1.80. The molecule has 2 rings (SSSR count). The number of aromatic nitrogens is 1. The summed E-state index contributed by atoms with van der Waals surface area (Å²) in [5, 5.41) is 0.974. The second-order valence-corrected chi connectivity index (χ2v) is 7.12. The third-order valence-corrected chi connectivity index (χ3v) is 4.73. The van der Waals surface area contributed by atoms with Crippen molar-refractivity contribution in [1.82, 2.24) is 9.71 Å². The summed E-state index contributed by atoms with van der Waals surface area (Å²) in [6.07, 6.45) is 0.607. The van der Waals surface area contributed by atoms with E-state index < -0.39 is 10.0 Å². The molecule has 0 bridgehead atoms. The molecular weight excluding hydrogens is 286 g/mol. The smallest absolute Gasteiger partial charge is 0.211 e. The molecule has 2 aromatic rings. The molecule has 0 aliphatic heterocycles. The van der Waals surface area contributed by atoms with Gasteiger partial charge in [0.05, 0.1) is 11.3 Å². The van der Waals surface area contributed by atoms with E-state index in [1.54, 1.807) is 0 Å². The Balaban J connectivity index is 2.37. The number of nitrogens with zero attached hydrogens (tertiary/aromatic N) is 2. The Labute approximate surface area is 126 Å². The highest BCUT2D eigenvalue weighted by Crippen LogP contribution is 2.22. The molecule has 0 radical (unpaired) electrons. The third kappa shape index (κ3) is 3.92. The fraction of sp³-hybridized carbons (Fsp3) is 0.400. The summed E-state index contributed by atoms with van der Waals surface area (Å²) in [6, 6.07) is 9.69. The number of hydrogen-bond donors (Lipinski definition) is 1. The van der Waals surface area contributed by atoms with E-state index in [1.807, 2.05) is 56.3 Å². The van der Waals surface area contributed by atoms with Crippen molar-refractivity contribution in [1.29, 1.82) is 0 Å². The molecule has 5 nitrogen and oxygen atoms in total. The van der Waals surface area contributed by atoms with Gasteiger partial charge in [-0.2, -0.15) is 0 Å². The fourth-order valence-electron chi connectivity index (χ4n) is 2.14. The molecule has 0 spiro atoms. The van der Waals surface area contributed by atoms with Crippen LogP contribution in [-0.4, -0.2) is 33.2 Å². The maximum Gasteiger partial charge on any atom is 0.211 e. The van der Waals surface area contributed by atoms with Gasteiger partial charge in [-0.3, -0.25) is 0 Å². The highest BCUT2D eigenvalue weighted by molar-refractivity contribution is 7.89. The first kappa shape index (κ1) is 15.7.